The van der Waals surface area contributed by atoms with E-state index in [-0.39, 0.29) is 21.2 Å². The number of carbonyl (C=O) groups is 1. The highest BCUT2D eigenvalue weighted by Gasteiger charge is 2.19. The molecule has 2 aromatic carbocycles. The zero-order valence-corrected chi connectivity index (χ0v) is 13.5. The van der Waals surface area contributed by atoms with Gasteiger partial charge in [0.1, 0.15) is 10.7 Å². The third-order valence-electron chi connectivity index (χ3n) is 3.35. The molecule has 0 saturated carbocycles. The lowest BCUT2D eigenvalue weighted by Gasteiger charge is -2.10. The fourth-order valence-electron chi connectivity index (χ4n) is 2.26. The van der Waals surface area contributed by atoms with E-state index in [1.807, 2.05) is 0 Å². The molecule has 9 heteroatoms. The van der Waals surface area contributed by atoms with Crippen molar-refractivity contribution in [2.75, 3.05) is 4.72 Å². The standard InChI is InChI=1S/C15H10ClFN2O4S/c16-12-4-1-8(17)5-14(12)24(22,23)19-9-2-3-10-11(15(20)21)7-18-13(10)6-9/h1-7,18-19H,(H,20,21). The number of carboxylic acid groups (broad SMARTS) is 1. The predicted molar refractivity (Wildman–Crippen MR) is 87.5 cm³/mol. The Morgan fingerprint density at radius 2 is 1.96 bits per heavy atom. The Hall–Kier alpha value is -2.58. The van der Waals surface area contributed by atoms with Crippen molar-refractivity contribution in [3.8, 4) is 0 Å². The van der Waals surface area contributed by atoms with Crippen molar-refractivity contribution >= 4 is 44.2 Å². The molecule has 124 valence electrons. The summed E-state index contributed by atoms with van der Waals surface area (Å²) in [5, 5.41) is 9.38. The Morgan fingerprint density at radius 3 is 2.67 bits per heavy atom. The van der Waals surface area contributed by atoms with Crippen LogP contribution in [0.5, 0.6) is 0 Å². The van der Waals surface area contributed by atoms with Crippen LogP contribution < -0.4 is 4.72 Å². The van der Waals surface area contributed by atoms with Crippen molar-refractivity contribution in [2.45, 2.75) is 4.90 Å². The fraction of sp³-hybridized carbons (Fsp3) is 0. The first-order valence-electron chi connectivity index (χ1n) is 6.60. The molecule has 1 aromatic heterocycles. The van der Waals surface area contributed by atoms with Crippen LogP contribution in [-0.2, 0) is 10.0 Å². The van der Waals surface area contributed by atoms with E-state index < -0.39 is 21.8 Å². The van der Waals surface area contributed by atoms with Gasteiger partial charge in [0.2, 0.25) is 0 Å². The highest BCUT2D eigenvalue weighted by Crippen LogP contribution is 2.27. The highest BCUT2D eigenvalue weighted by atomic mass is 35.5. The van der Waals surface area contributed by atoms with Gasteiger partial charge in [-0.1, -0.05) is 11.6 Å². The minimum Gasteiger partial charge on any atom is -0.478 e. The maximum Gasteiger partial charge on any atom is 0.337 e. The van der Waals surface area contributed by atoms with E-state index in [2.05, 4.69) is 9.71 Å². The minimum absolute atomic E-state index is 0.0765. The van der Waals surface area contributed by atoms with Crippen LogP contribution in [0.15, 0.2) is 47.5 Å². The number of aromatic carboxylic acids is 1. The van der Waals surface area contributed by atoms with E-state index in [1.54, 1.807) is 0 Å². The molecule has 0 spiro atoms. The maximum absolute atomic E-state index is 13.3. The van der Waals surface area contributed by atoms with Crippen LogP contribution in [-0.4, -0.2) is 24.5 Å². The normalized spacial score (nSPS) is 11.6. The number of halogens is 2. The molecule has 0 bridgehead atoms. The van der Waals surface area contributed by atoms with Gasteiger partial charge in [0.15, 0.2) is 0 Å². The number of hydrogen-bond acceptors (Lipinski definition) is 3. The molecule has 3 aromatic rings. The molecular formula is C15H10ClFN2O4S. The quantitative estimate of drug-likeness (QED) is 0.656. The lowest BCUT2D eigenvalue weighted by molar-refractivity contribution is 0.0699. The largest absolute Gasteiger partial charge is 0.478 e. The molecule has 0 radical (unpaired) electrons. The molecule has 0 aliphatic rings. The van der Waals surface area contributed by atoms with Crippen LogP contribution in [0.3, 0.4) is 0 Å². The third kappa shape index (κ3) is 2.93. The first-order chi connectivity index (χ1) is 11.3. The molecule has 0 aliphatic carbocycles. The van der Waals surface area contributed by atoms with Gasteiger partial charge in [0, 0.05) is 17.1 Å². The number of benzene rings is 2. The Balaban J connectivity index is 1.99. The number of carboxylic acids is 1. The molecular weight excluding hydrogens is 359 g/mol. The fourth-order valence-corrected chi connectivity index (χ4v) is 3.82. The molecule has 24 heavy (non-hydrogen) atoms. The summed E-state index contributed by atoms with van der Waals surface area (Å²) in [4.78, 5) is 13.4. The first kappa shape index (κ1) is 16.3. The van der Waals surface area contributed by atoms with Crippen LogP contribution in [0.1, 0.15) is 10.4 Å². The Labute approximate surface area is 140 Å². The average molecular weight is 369 g/mol. The highest BCUT2D eigenvalue weighted by molar-refractivity contribution is 7.92. The van der Waals surface area contributed by atoms with Gasteiger partial charge >= 0.3 is 5.97 Å². The van der Waals surface area contributed by atoms with Gasteiger partial charge in [-0.25, -0.2) is 17.6 Å². The summed E-state index contributed by atoms with van der Waals surface area (Å²) in [5.74, 6) is -1.83. The van der Waals surface area contributed by atoms with Crippen LogP contribution in [0.4, 0.5) is 10.1 Å². The third-order valence-corrected chi connectivity index (χ3v) is 5.21. The Kier molecular flexibility index (Phi) is 3.94. The average Bonchev–Trinajstić information content (AvgIpc) is 2.92. The summed E-state index contributed by atoms with van der Waals surface area (Å²) in [6.45, 7) is 0. The first-order valence-corrected chi connectivity index (χ1v) is 8.46. The van der Waals surface area contributed by atoms with E-state index in [4.69, 9.17) is 16.7 Å². The van der Waals surface area contributed by atoms with Gasteiger partial charge < -0.3 is 10.1 Å². The summed E-state index contributed by atoms with van der Waals surface area (Å²) in [6.07, 6.45) is 1.31. The molecule has 0 unspecified atom stereocenters. The summed E-state index contributed by atoms with van der Waals surface area (Å²) >= 11 is 5.82. The van der Waals surface area contributed by atoms with Crippen LogP contribution in [0.2, 0.25) is 5.02 Å². The van der Waals surface area contributed by atoms with Crippen LogP contribution in [0.25, 0.3) is 10.9 Å². The molecule has 0 fully saturated rings. The zero-order chi connectivity index (χ0) is 17.5. The smallest absolute Gasteiger partial charge is 0.337 e. The number of aromatic amines is 1. The van der Waals surface area contributed by atoms with E-state index in [1.165, 1.54) is 24.4 Å². The van der Waals surface area contributed by atoms with E-state index in [9.17, 15) is 17.6 Å². The molecule has 1 heterocycles. The topological polar surface area (TPSA) is 99.3 Å². The number of sulfonamides is 1. The number of nitrogens with one attached hydrogen (secondary N) is 2. The number of rotatable bonds is 4. The van der Waals surface area contributed by atoms with Crippen molar-refractivity contribution < 1.29 is 22.7 Å². The van der Waals surface area contributed by atoms with Crippen LogP contribution >= 0.6 is 11.6 Å². The van der Waals surface area contributed by atoms with Gasteiger partial charge in [-0.05, 0) is 36.4 Å². The summed E-state index contributed by atoms with van der Waals surface area (Å²) in [6, 6.07) is 7.35. The van der Waals surface area contributed by atoms with Gasteiger partial charge in [-0.15, -0.1) is 0 Å². The molecule has 3 rings (SSSR count). The SMILES string of the molecule is O=C(O)c1c[nH]c2cc(NS(=O)(=O)c3cc(F)ccc3Cl)ccc12. The maximum atomic E-state index is 13.3. The molecule has 6 nitrogen and oxygen atoms in total. The lowest BCUT2D eigenvalue weighted by atomic mass is 10.1. The van der Waals surface area contributed by atoms with Crippen molar-refractivity contribution in [2.24, 2.45) is 0 Å². The second kappa shape index (κ2) is 5.81. The van der Waals surface area contributed by atoms with E-state index in [0.717, 1.165) is 18.2 Å². The van der Waals surface area contributed by atoms with Gasteiger partial charge in [0.05, 0.1) is 16.3 Å². The van der Waals surface area contributed by atoms with Gasteiger partial charge in [-0.3, -0.25) is 4.72 Å². The molecule has 0 atom stereocenters. The number of H-pyrrole nitrogens is 1. The summed E-state index contributed by atoms with van der Waals surface area (Å²) in [5.41, 5.74) is 0.701. The number of hydrogen-bond donors (Lipinski definition) is 3. The second-order valence-electron chi connectivity index (χ2n) is 4.95. The Bertz CT molecular complexity index is 1060. The van der Waals surface area contributed by atoms with Crippen molar-refractivity contribution in [1.29, 1.82) is 0 Å². The Morgan fingerprint density at radius 1 is 1.21 bits per heavy atom. The predicted octanol–water partition coefficient (Wildman–Crippen LogP) is 3.46. The van der Waals surface area contributed by atoms with Crippen molar-refractivity contribution in [3.63, 3.8) is 0 Å². The molecule has 3 N–H and O–H groups in total. The number of aromatic nitrogens is 1. The monoisotopic (exact) mass is 368 g/mol. The van der Waals surface area contributed by atoms with Gasteiger partial charge in [0.25, 0.3) is 10.0 Å². The molecule has 0 saturated heterocycles. The molecule has 0 aliphatic heterocycles. The second-order valence-corrected chi connectivity index (χ2v) is 7.01. The van der Waals surface area contributed by atoms with E-state index >= 15 is 0 Å². The van der Waals surface area contributed by atoms with E-state index in [0.29, 0.717) is 10.9 Å². The number of anilines is 1. The van der Waals surface area contributed by atoms with Gasteiger partial charge in [-0.2, -0.15) is 0 Å². The zero-order valence-electron chi connectivity index (χ0n) is 11.9. The van der Waals surface area contributed by atoms with Crippen LogP contribution in [0, 0.1) is 5.82 Å². The number of fused-ring (bicyclic) bond motifs is 1. The lowest BCUT2D eigenvalue weighted by Crippen LogP contribution is -2.13. The summed E-state index contributed by atoms with van der Waals surface area (Å²) < 4.78 is 40.3. The van der Waals surface area contributed by atoms with Crippen molar-refractivity contribution in [3.05, 3.63) is 59.0 Å². The summed E-state index contributed by atoms with van der Waals surface area (Å²) in [7, 11) is -4.10. The molecule has 0 amide bonds. The minimum atomic E-state index is -4.10. The van der Waals surface area contributed by atoms with Crippen molar-refractivity contribution in [1.82, 2.24) is 4.98 Å².